The van der Waals surface area contributed by atoms with E-state index in [9.17, 15) is 10.2 Å². The number of phenolic OH excluding ortho intramolecular Hbond substituents is 2. The Balaban J connectivity index is 2.22. The fourth-order valence-corrected chi connectivity index (χ4v) is 4.01. The van der Waals surface area contributed by atoms with Crippen LogP contribution in [0.1, 0.15) is 42.0 Å². The van der Waals surface area contributed by atoms with Crippen molar-refractivity contribution in [3.8, 4) is 17.2 Å². The highest BCUT2D eigenvalue weighted by atomic mass is 16.5. The molecule has 0 aliphatic carbocycles. The average Bonchev–Trinajstić information content (AvgIpc) is 2.83. The maximum absolute atomic E-state index is 10.7. The Labute approximate surface area is 195 Å². The number of benzene rings is 3. The second-order valence-electron chi connectivity index (χ2n) is 7.75. The number of aromatic hydroxyl groups is 2. The van der Waals surface area contributed by atoms with Crippen LogP contribution >= 0.6 is 0 Å². The second-order valence-corrected chi connectivity index (χ2v) is 7.75. The largest absolute Gasteiger partial charge is 0.507 e. The van der Waals surface area contributed by atoms with Crippen LogP contribution in [0, 0.1) is 0 Å². The molecule has 3 aromatic carbocycles. The zero-order valence-electron chi connectivity index (χ0n) is 19.3. The van der Waals surface area contributed by atoms with E-state index in [0.717, 1.165) is 40.9 Å². The maximum atomic E-state index is 10.7. The molecule has 0 aromatic heterocycles. The molecule has 0 heterocycles. The molecule has 0 spiro atoms. The summed E-state index contributed by atoms with van der Waals surface area (Å²) in [6, 6.07) is 20.5. The summed E-state index contributed by atoms with van der Waals surface area (Å²) in [5.74, 6) is 1.10. The molecule has 0 aliphatic heterocycles. The van der Waals surface area contributed by atoms with Crippen molar-refractivity contribution in [1.29, 1.82) is 0 Å². The predicted octanol–water partition coefficient (Wildman–Crippen LogP) is 5.42. The Morgan fingerprint density at radius 3 is 2.03 bits per heavy atom. The molecule has 3 N–H and O–H groups in total. The third-order valence-electron chi connectivity index (χ3n) is 5.53. The number of ether oxygens (including phenoxy) is 2. The minimum Gasteiger partial charge on any atom is -0.507 e. The summed E-state index contributed by atoms with van der Waals surface area (Å²) in [5.41, 5.74) is 5.17. The zero-order chi connectivity index (χ0) is 23.6. The van der Waals surface area contributed by atoms with Gasteiger partial charge in [-0.3, -0.25) is 0 Å². The van der Waals surface area contributed by atoms with Gasteiger partial charge in [-0.2, -0.15) is 0 Å². The predicted molar refractivity (Wildman–Crippen MR) is 132 cm³/mol. The van der Waals surface area contributed by atoms with Crippen LogP contribution in [0.4, 0.5) is 0 Å². The van der Waals surface area contributed by atoms with Crippen molar-refractivity contribution < 1.29 is 24.8 Å². The molecular weight excluding hydrogens is 416 g/mol. The average molecular weight is 449 g/mol. The highest BCUT2D eigenvalue weighted by Crippen LogP contribution is 2.42. The Morgan fingerprint density at radius 1 is 0.848 bits per heavy atom. The lowest BCUT2D eigenvalue weighted by Crippen LogP contribution is -2.05. The summed E-state index contributed by atoms with van der Waals surface area (Å²) in [6.45, 7) is 2.87. The zero-order valence-corrected chi connectivity index (χ0v) is 19.3. The van der Waals surface area contributed by atoms with Crippen molar-refractivity contribution >= 4 is 11.1 Å². The number of hydrogen-bond donors (Lipinski definition) is 3. The van der Waals surface area contributed by atoms with Gasteiger partial charge in [0.1, 0.15) is 17.2 Å². The van der Waals surface area contributed by atoms with Gasteiger partial charge in [-0.1, -0.05) is 55.8 Å². The van der Waals surface area contributed by atoms with Crippen LogP contribution in [0.25, 0.3) is 11.1 Å². The Hall–Kier alpha value is -3.28. The number of para-hydroxylation sites is 2. The van der Waals surface area contributed by atoms with Crippen LogP contribution in [0.5, 0.6) is 17.2 Å². The number of methoxy groups -OCH3 is 1. The molecule has 0 bridgehead atoms. The van der Waals surface area contributed by atoms with E-state index >= 15 is 0 Å². The van der Waals surface area contributed by atoms with E-state index in [2.05, 4.69) is 13.0 Å². The van der Waals surface area contributed by atoms with Crippen LogP contribution < -0.4 is 4.74 Å². The molecule has 5 nitrogen and oxygen atoms in total. The molecule has 0 aliphatic rings. The molecule has 0 atom stereocenters. The highest BCUT2D eigenvalue weighted by molar-refractivity contribution is 6.01. The summed E-state index contributed by atoms with van der Waals surface area (Å²) >= 11 is 0. The van der Waals surface area contributed by atoms with E-state index in [4.69, 9.17) is 14.6 Å². The number of hydrogen-bond acceptors (Lipinski definition) is 5. The van der Waals surface area contributed by atoms with Gasteiger partial charge in [-0.15, -0.1) is 0 Å². The Bertz CT molecular complexity index is 1040. The quantitative estimate of drug-likeness (QED) is 0.270. The summed E-state index contributed by atoms with van der Waals surface area (Å²) in [5, 5.41) is 30.4. The third-order valence-corrected chi connectivity index (χ3v) is 5.53. The number of rotatable bonds is 11. The smallest absolute Gasteiger partial charge is 0.123 e. The molecule has 5 heteroatoms. The highest BCUT2D eigenvalue weighted by Gasteiger charge is 2.19. The van der Waals surface area contributed by atoms with Gasteiger partial charge in [0.2, 0.25) is 0 Å². The second kappa shape index (κ2) is 12.1. The fourth-order valence-electron chi connectivity index (χ4n) is 4.01. The SMILES string of the molecule is CCCC(=C(c1ccccc1O)c1ccccc1O)c1ccc(OC)c(CCOCCO)c1. The monoisotopic (exact) mass is 448 g/mol. The first-order chi connectivity index (χ1) is 16.1. The van der Waals surface area contributed by atoms with E-state index in [0.29, 0.717) is 30.8 Å². The lowest BCUT2D eigenvalue weighted by atomic mass is 9.86. The summed E-state index contributed by atoms with van der Waals surface area (Å²) in [7, 11) is 1.64. The van der Waals surface area contributed by atoms with Crippen molar-refractivity contribution in [2.45, 2.75) is 26.2 Å². The van der Waals surface area contributed by atoms with Gasteiger partial charge in [0, 0.05) is 16.7 Å². The number of phenols is 2. The van der Waals surface area contributed by atoms with E-state index in [-0.39, 0.29) is 18.1 Å². The first kappa shape index (κ1) is 24.4. The number of aliphatic hydroxyl groups excluding tert-OH is 1. The van der Waals surface area contributed by atoms with Crippen molar-refractivity contribution in [2.24, 2.45) is 0 Å². The molecule has 0 unspecified atom stereocenters. The third kappa shape index (κ3) is 5.95. The lowest BCUT2D eigenvalue weighted by molar-refractivity contribution is 0.0941. The molecule has 174 valence electrons. The van der Waals surface area contributed by atoms with Gasteiger partial charge in [0.15, 0.2) is 0 Å². The van der Waals surface area contributed by atoms with Crippen molar-refractivity contribution in [1.82, 2.24) is 0 Å². The van der Waals surface area contributed by atoms with E-state index < -0.39 is 0 Å². The minimum atomic E-state index is -0.00887. The molecule has 0 saturated carbocycles. The van der Waals surface area contributed by atoms with Crippen LogP contribution in [-0.4, -0.2) is 42.3 Å². The molecule has 33 heavy (non-hydrogen) atoms. The topological polar surface area (TPSA) is 79.2 Å². The number of aliphatic hydroxyl groups is 1. The van der Waals surface area contributed by atoms with Gasteiger partial charge in [-0.05, 0) is 53.8 Å². The molecule has 3 rings (SSSR count). The van der Waals surface area contributed by atoms with Gasteiger partial charge in [0.25, 0.3) is 0 Å². The van der Waals surface area contributed by atoms with Crippen molar-refractivity contribution in [2.75, 3.05) is 26.9 Å². The van der Waals surface area contributed by atoms with Crippen molar-refractivity contribution in [3.05, 3.63) is 89.0 Å². The van der Waals surface area contributed by atoms with Crippen LogP contribution in [-0.2, 0) is 11.2 Å². The first-order valence-electron chi connectivity index (χ1n) is 11.3. The van der Waals surface area contributed by atoms with E-state index in [1.807, 2.05) is 36.4 Å². The van der Waals surface area contributed by atoms with Crippen LogP contribution in [0.3, 0.4) is 0 Å². The van der Waals surface area contributed by atoms with Crippen molar-refractivity contribution in [3.63, 3.8) is 0 Å². The Morgan fingerprint density at radius 2 is 1.48 bits per heavy atom. The van der Waals surface area contributed by atoms with Gasteiger partial charge >= 0.3 is 0 Å². The standard InChI is InChI=1S/C28H32O5/c1-3-8-22(20-13-14-27(32-2)21(19-20)15-17-33-18-16-29)28(23-9-4-6-11-25(23)30)24-10-5-7-12-26(24)31/h4-7,9-14,19,29-31H,3,8,15-18H2,1-2H3. The molecule has 3 aromatic rings. The fraction of sp³-hybridized carbons (Fsp3) is 0.286. The van der Waals surface area contributed by atoms with Gasteiger partial charge in [-0.25, -0.2) is 0 Å². The molecule has 0 radical (unpaired) electrons. The van der Waals surface area contributed by atoms with Crippen LogP contribution in [0.2, 0.25) is 0 Å². The Kier molecular flexibility index (Phi) is 8.93. The first-order valence-corrected chi connectivity index (χ1v) is 11.3. The lowest BCUT2D eigenvalue weighted by Gasteiger charge is -2.20. The molecular formula is C28H32O5. The summed E-state index contributed by atoms with van der Waals surface area (Å²) in [6.07, 6.45) is 2.28. The van der Waals surface area contributed by atoms with E-state index in [1.165, 1.54) is 0 Å². The minimum absolute atomic E-state index is 0.00887. The van der Waals surface area contributed by atoms with Gasteiger partial charge in [0.05, 0.1) is 26.9 Å². The van der Waals surface area contributed by atoms with E-state index in [1.54, 1.807) is 31.4 Å². The molecule has 0 fully saturated rings. The normalized spacial score (nSPS) is 10.8. The molecule has 0 amide bonds. The number of allylic oxidation sites excluding steroid dienone is 1. The summed E-state index contributed by atoms with van der Waals surface area (Å²) < 4.78 is 11.0. The van der Waals surface area contributed by atoms with Crippen LogP contribution in [0.15, 0.2) is 66.7 Å². The molecule has 0 saturated heterocycles. The summed E-state index contributed by atoms with van der Waals surface area (Å²) in [4.78, 5) is 0. The maximum Gasteiger partial charge on any atom is 0.123 e. The van der Waals surface area contributed by atoms with Gasteiger partial charge < -0.3 is 24.8 Å².